The third-order valence-electron chi connectivity index (χ3n) is 4.69. The van der Waals surface area contributed by atoms with Gasteiger partial charge < -0.3 is 4.90 Å². The molecule has 0 atom stereocenters. The van der Waals surface area contributed by atoms with Crippen molar-refractivity contribution in [2.75, 3.05) is 18.0 Å². The van der Waals surface area contributed by atoms with Gasteiger partial charge in [0, 0.05) is 30.4 Å². The average Bonchev–Trinajstić information content (AvgIpc) is 2.69. The number of hydrogen-bond donors (Lipinski definition) is 1. The summed E-state index contributed by atoms with van der Waals surface area (Å²) in [7, 11) is -3.99. The molecule has 2 aromatic rings. The van der Waals surface area contributed by atoms with Crippen LogP contribution in [0.1, 0.15) is 30.4 Å². The third-order valence-corrected chi connectivity index (χ3v) is 5.91. The molecule has 3 rings (SSSR count). The van der Waals surface area contributed by atoms with Crippen LogP contribution in [-0.4, -0.2) is 32.6 Å². The van der Waals surface area contributed by atoms with Gasteiger partial charge in [0.25, 0.3) is 15.7 Å². The van der Waals surface area contributed by atoms with Crippen molar-refractivity contribution < 1.29 is 13.3 Å². The van der Waals surface area contributed by atoms with E-state index in [1.54, 1.807) is 6.92 Å². The number of aryl methyl sites for hydroxylation is 1. The molecule has 148 valence electrons. The summed E-state index contributed by atoms with van der Waals surface area (Å²) in [6.45, 7) is 3.65. The summed E-state index contributed by atoms with van der Waals surface area (Å²) in [6.07, 6.45) is 5.07. The summed E-state index contributed by atoms with van der Waals surface area (Å²) in [5, 5.41) is 14.8. The van der Waals surface area contributed by atoms with Crippen LogP contribution in [0.3, 0.4) is 0 Å². The van der Waals surface area contributed by atoms with Crippen molar-refractivity contribution in [3.63, 3.8) is 0 Å². The molecule has 1 aliphatic heterocycles. The molecule has 8 nitrogen and oxygen atoms in total. The Hall–Kier alpha value is -2.94. The second-order valence-corrected chi connectivity index (χ2v) is 8.36. The molecule has 0 unspecified atom stereocenters. The van der Waals surface area contributed by atoms with E-state index in [0.29, 0.717) is 5.56 Å². The number of sulfonamides is 1. The molecule has 0 saturated carbocycles. The molecule has 9 heteroatoms. The number of piperidine rings is 1. The number of nitrogens with one attached hydrogen (secondary N) is 1. The fraction of sp³-hybridized carbons (Fsp3) is 0.316. The minimum absolute atomic E-state index is 0.206. The van der Waals surface area contributed by atoms with Gasteiger partial charge in [0.1, 0.15) is 0 Å². The molecule has 0 radical (unpaired) electrons. The summed E-state index contributed by atoms with van der Waals surface area (Å²) >= 11 is 0. The van der Waals surface area contributed by atoms with Crippen molar-refractivity contribution in [3.05, 3.63) is 63.7 Å². The quantitative estimate of drug-likeness (QED) is 0.454. The van der Waals surface area contributed by atoms with Crippen molar-refractivity contribution in [2.45, 2.75) is 31.1 Å². The van der Waals surface area contributed by atoms with Gasteiger partial charge in [-0.25, -0.2) is 4.83 Å². The number of hydrazone groups is 1. The molecule has 0 spiro atoms. The van der Waals surface area contributed by atoms with Gasteiger partial charge in [-0.15, -0.1) is 0 Å². The van der Waals surface area contributed by atoms with Crippen LogP contribution in [0.2, 0.25) is 0 Å². The zero-order valence-corrected chi connectivity index (χ0v) is 16.4. The third kappa shape index (κ3) is 4.66. The van der Waals surface area contributed by atoms with Crippen LogP contribution in [-0.2, 0) is 10.0 Å². The van der Waals surface area contributed by atoms with Gasteiger partial charge in [-0.2, -0.15) is 13.5 Å². The van der Waals surface area contributed by atoms with Crippen molar-refractivity contribution >= 4 is 27.6 Å². The Morgan fingerprint density at radius 2 is 1.79 bits per heavy atom. The number of benzene rings is 2. The normalized spacial score (nSPS) is 15.0. The monoisotopic (exact) mass is 402 g/mol. The number of nitrogens with zero attached hydrogens (tertiary/aromatic N) is 3. The number of anilines is 1. The maximum atomic E-state index is 12.3. The fourth-order valence-electron chi connectivity index (χ4n) is 3.10. The molecule has 1 heterocycles. The molecule has 0 bridgehead atoms. The number of rotatable bonds is 6. The van der Waals surface area contributed by atoms with Gasteiger partial charge in [-0.1, -0.05) is 18.2 Å². The topological polar surface area (TPSA) is 105 Å². The minimum Gasteiger partial charge on any atom is -0.372 e. The molecular weight excluding hydrogens is 380 g/mol. The lowest BCUT2D eigenvalue weighted by Gasteiger charge is -2.28. The maximum Gasteiger partial charge on any atom is 0.276 e. The van der Waals surface area contributed by atoms with E-state index >= 15 is 0 Å². The summed E-state index contributed by atoms with van der Waals surface area (Å²) in [5.74, 6) is 0. The van der Waals surface area contributed by atoms with Crippen molar-refractivity contribution in [3.8, 4) is 0 Å². The summed E-state index contributed by atoms with van der Waals surface area (Å²) < 4.78 is 24.6. The standard InChI is InChI=1S/C19H22N4O4S/c1-15-5-10-18(13-19(15)23(24)25)28(26,27)21-20-14-16-6-8-17(9-7-16)22-11-3-2-4-12-22/h5-10,13-14,21H,2-4,11-12H2,1H3/b20-14-. The molecule has 1 fully saturated rings. The van der Waals surface area contributed by atoms with Crippen LogP contribution >= 0.6 is 0 Å². The van der Waals surface area contributed by atoms with Crippen molar-refractivity contribution in [2.24, 2.45) is 5.10 Å². The highest BCUT2D eigenvalue weighted by molar-refractivity contribution is 7.89. The highest BCUT2D eigenvalue weighted by Crippen LogP contribution is 2.22. The van der Waals surface area contributed by atoms with E-state index in [9.17, 15) is 18.5 Å². The second-order valence-electron chi connectivity index (χ2n) is 6.70. The fourth-order valence-corrected chi connectivity index (χ4v) is 3.91. The lowest BCUT2D eigenvalue weighted by Crippen LogP contribution is -2.29. The van der Waals surface area contributed by atoms with Crippen molar-refractivity contribution in [1.29, 1.82) is 0 Å². The molecule has 0 amide bonds. The first-order valence-corrected chi connectivity index (χ1v) is 10.5. The molecule has 1 saturated heterocycles. The van der Waals surface area contributed by atoms with Crippen LogP contribution in [0, 0.1) is 17.0 Å². The summed E-state index contributed by atoms with van der Waals surface area (Å²) in [5.41, 5.74) is 2.03. The Kier molecular flexibility index (Phi) is 5.93. The van der Waals surface area contributed by atoms with Crippen molar-refractivity contribution in [1.82, 2.24) is 4.83 Å². The predicted molar refractivity (Wildman–Crippen MR) is 108 cm³/mol. The van der Waals surface area contributed by atoms with Crippen LogP contribution in [0.4, 0.5) is 11.4 Å². The van der Waals surface area contributed by atoms with Gasteiger partial charge in [0.15, 0.2) is 0 Å². The minimum atomic E-state index is -3.99. The van der Waals surface area contributed by atoms with E-state index in [0.717, 1.165) is 30.4 Å². The molecule has 0 aromatic heterocycles. The highest BCUT2D eigenvalue weighted by atomic mass is 32.2. The van der Waals surface area contributed by atoms with Crippen LogP contribution in [0.5, 0.6) is 0 Å². The Morgan fingerprint density at radius 3 is 2.43 bits per heavy atom. The summed E-state index contributed by atoms with van der Waals surface area (Å²) in [4.78, 5) is 14.6. The first-order valence-electron chi connectivity index (χ1n) is 9.02. The van der Waals surface area contributed by atoms with E-state index < -0.39 is 14.9 Å². The van der Waals surface area contributed by atoms with E-state index in [1.807, 2.05) is 24.3 Å². The lowest BCUT2D eigenvalue weighted by atomic mass is 10.1. The molecular formula is C19H22N4O4S. The molecule has 1 N–H and O–H groups in total. The Morgan fingerprint density at radius 1 is 1.11 bits per heavy atom. The first kappa shape index (κ1) is 19.8. The van der Waals surface area contributed by atoms with E-state index in [2.05, 4.69) is 14.8 Å². The number of nitro groups is 1. The summed E-state index contributed by atoms with van der Waals surface area (Å²) in [6, 6.07) is 11.5. The SMILES string of the molecule is Cc1ccc(S(=O)(=O)N/N=C\c2ccc(N3CCCCC3)cc2)cc1[N+](=O)[O-]. The maximum absolute atomic E-state index is 12.3. The smallest absolute Gasteiger partial charge is 0.276 e. The Labute approximate surface area is 164 Å². The number of nitro benzene ring substituents is 1. The van der Waals surface area contributed by atoms with Gasteiger partial charge in [0.2, 0.25) is 0 Å². The zero-order chi connectivity index (χ0) is 20.1. The van der Waals surface area contributed by atoms with Gasteiger partial charge >= 0.3 is 0 Å². The number of hydrogen-bond acceptors (Lipinski definition) is 6. The van der Waals surface area contributed by atoms with E-state index in [-0.39, 0.29) is 10.6 Å². The van der Waals surface area contributed by atoms with Gasteiger partial charge in [-0.05, 0) is 49.9 Å². The van der Waals surface area contributed by atoms with Gasteiger partial charge in [0.05, 0.1) is 16.0 Å². The molecule has 2 aromatic carbocycles. The Balaban J connectivity index is 1.68. The highest BCUT2D eigenvalue weighted by Gasteiger charge is 2.19. The first-order chi connectivity index (χ1) is 13.4. The largest absolute Gasteiger partial charge is 0.372 e. The second kappa shape index (κ2) is 8.39. The van der Waals surface area contributed by atoms with E-state index in [4.69, 9.17) is 0 Å². The average molecular weight is 402 g/mol. The van der Waals surface area contributed by atoms with Crippen LogP contribution in [0.15, 0.2) is 52.5 Å². The predicted octanol–water partition coefficient (Wildman–Crippen LogP) is 3.21. The lowest BCUT2D eigenvalue weighted by molar-refractivity contribution is -0.385. The van der Waals surface area contributed by atoms with Crippen LogP contribution in [0.25, 0.3) is 0 Å². The van der Waals surface area contributed by atoms with E-state index in [1.165, 1.54) is 37.6 Å². The van der Waals surface area contributed by atoms with Gasteiger partial charge in [-0.3, -0.25) is 10.1 Å². The Bertz CT molecular complexity index is 981. The molecule has 1 aliphatic rings. The zero-order valence-electron chi connectivity index (χ0n) is 15.5. The molecule has 28 heavy (non-hydrogen) atoms. The van der Waals surface area contributed by atoms with Crippen LogP contribution < -0.4 is 9.73 Å². The molecule has 0 aliphatic carbocycles.